The first-order valence-electron chi connectivity index (χ1n) is 10.5. The first-order chi connectivity index (χ1) is 13.7. The molecule has 152 valence electrons. The molecule has 1 aromatic carbocycles. The van der Waals surface area contributed by atoms with E-state index in [1.54, 1.807) is 0 Å². The predicted octanol–water partition coefficient (Wildman–Crippen LogP) is 0.867. The van der Waals surface area contributed by atoms with Crippen molar-refractivity contribution in [3.63, 3.8) is 0 Å². The smallest absolute Gasteiger partial charge is 0.318 e. The molecule has 3 heterocycles. The van der Waals surface area contributed by atoms with Crippen LogP contribution in [-0.2, 0) is 11.3 Å². The number of nitrogens with zero attached hydrogens (tertiary/aromatic N) is 3. The molecule has 1 atom stereocenters. The topological polar surface area (TPSA) is 67.9 Å². The maximum absolute atomic E-state index is 12.4. The molecule has 0 unspecified atom stereocenters. The summed E-state index contributed by atoms with van der Waals surface area (Å²) in [6.07, 6.45) is 2.72. The van der Waals surface area contributed by atoms with Crippen molar-refractivity contribution in [1.29, 1.82) is 0 Å². The molecule has 3 amide bonds. The molecule has 3 aliphatic rings. The average Bonchev–Trinajstić information content (AvgIpc) is 3.14. The van der Waals surface area contributed by atoms with Crippen molar-refractivity contribution in [2.24, 2.45) is 0 Å². The van der Waals surface area contributed by atoms with Gasteiger partial charge in [0.2, 0.25) is 5.91 Å². The van der Waals surface area contributed by atoms with Gasteiger partial charge in [0.05, 0.1) is 0 Å². The van der Waals surface area contributed by atoms with Gasteiger partial charge >= 0.3 is 6.03 Å². The number of carbonyl (C=O) groups is 2. The number of nitrogens with one attached hydrogen (secondary N) is 2. The van der Waals surface area contributed by atoms with E-state index in [4.69, 9.17) is 0 Å². The molecule has 28 heavy (non-hydrogen) atoms. The highest BCUT2D eigenvalue weighted by Crippen LogP contribution is 2.19. The lowest BCUT2D eigenvalue weighted by Gasteiger charge is -2.42. The Morgan fingerprint density at radius 2 is 1.71 bits per heavy atom. The lowest BCUT2D eigenvalue weighted by atomic mass is 10.0. The Morgan fingerprint density at radius 3 is 2.36 bits per heavy atom. The van der Waals surface area contributed by atoms with Crippen LogP contribution in [-0.4, -0.2) is 84.5 Å². The highest BCUT2D eigenvalue weighted by atomic mass is 16.2. The second-order valence-corrected chi connectivity index (χ2v) is 8.10. The van der Waals surface area contributed by atoms with Crippen molar-refractivity contribution in [2.45, 2.75) is 37.9 Å². The van der Waals surface area contributed by atoms with E-state index in [1.807, 2.05) is 4.90 Å². The predicted molar refractivity (Wildman–Crippen MR) is 108 cm³/mol. The first-order valence-corrected chi connectivity index (χ1v) is 10.5. The van der Waals surface area contributed by atoms with Gasteiger partial charge in [-0.3, -0.25) is 14.6 Å². The molecule has 3 saturated heterocycles. The van der Waals surface area contributed by atoms with Gasteiger partial charge in [0.25, 0.3) is 0 Å². The van der Waals surface area contributed by atoms with E-state index < -0.39 is 0 Å². The molecule has 2 N–H and O–H groups in total. The number of benzene rings is 1. The third-order valence-electron chi connectivity index (χ3n) is 6.27. The zero-order valence-corrected chi connectivity index (χ0v) is 16.5. The Bertz CT molecular complexity index is 667. The minimum atomic E-state index is -0.358. The Labute approximate surface area is 167 Å². The summed E-state index contributed by atoms with van der Waals surface area (Å²) in [6, 6.07) is 10.8. The van der Waals surface area contributed by atoms with Crippen LogP contribution in [0.3, 0.4) is 0 Å². The molecule has 1 aromatic rings. The van der Waals surface area contributed by atoms with Gasteiger partial charge in [-0.2, -0.15) is 0 Å². The molecule has 0 radical (unpaired) electrons. The summed E-state index contributed by atoms with van der Waals surface area (Å²) in [5.74, 6) is -0.0587. The second-order valence-electron chi connectivity index (χ2n) is 8.10. The van der Waals surface area contributed by atoms with Gasteiger partial charge in [-0.15, -0.1) is 0 Å². The van der Waals surface area contributed by atoms with E-state index in [1.165, 1.54) is 5.56 Å². The maximum Gasteiger partial charge on any atom is 0.318 e. The summed E-state index contributed by atoms with van der Waals surface area (Å²) in [6.45, 7) is 7.64. The van der Waals surface area contributed by atoms with E-state index in [9.17, 15) is 9.59 Å². The summed E-state index contributed by atoms with van der Waals surface area (Å²) in [7, 11) is 0. The van der Waals surface area contributed by atoms with E-state index in [0.717, 1.165) is 58.7 Å². The van der Waals surface area contributed by atoms with Gasteiger partial charge in [-0.25, -0.2) is 4.79 Å². The van der Waals surface area contributed by atoms with Crippen molar-refractivity contribution >= 4 is 11.9 Å². The van der Waals surface area contributed by atoms with Crippen LogP contribution in [0.15, 0.2) is 30.3 Å². The monoisotopic (exact) mass is 385 g/mol. The van der Waals surface area contributed by atoms with Gasteiger partial charge in [-0.1, -0.05) is 30.3 Å². The van der Waals surface area contributed by atoms with Crippen LogP contribution in [0.2, 0.25) is 0 Å². The molecule has 0 aliphatic carbocycles. The van der Waals surface area contributed by atoms with Crippen molar-refractivity contribution in [1.82, 2.24) is 25.3 Å². The summed E-state index contributed by atoms with van der Waals surface area (Å²) < 4.78 is 0. The van der Waals surface area contributed by atoms with Gasteiger partial charge < -0.3 is 15.5 Å². The number of hydrogen-bond donors (Lipinski definition) is 2. The van der Waals surface area contributed by atoms with Crippen LogP contribution in [0.4, 0.5) is 4.79 Å². The van der Waals surface area contributed by atoms with Gasteiger partial charge in [0.1, 0.15) is 6.04 Å². The van der Waals surface area contributed by atoms with Crippen LogP contribution < -0.4 is 10.6 Å². The van der Waals surface area contributed by atoms with Crippen LogP contribution in [0, 0.1) is 0 Å². The van der Waals surface area contributed by atoms with Gasteiger partial charge in [-0.05, 0) is 24.8 Å². The number of likely N-dealkylation sites (tertiary alicyclic amines) is 1. The molecule has 4 rings (SSSR count). The van der Waals surface area contributed by atoms with E-state index in [2.05, 4.69) is 50.8 Å². The summed E-state index contributed by atoms with van der Waals surface area (Å²) in [5.41, 5.74) is 1.38. The summed E-state index contributed by atoms with van der Waals surface area (Å²) >= 11 is 0. The third-order valence-corrected chi connectivity index (χ3v) is 6.27. The molecule has 0 bridgehead atoms. The van der Waals surface area contributed by atoms with E-state index in [0.29, 0.717) is 19.0 Å². The highest BCUT2D eigenvalue weighted by Gasteiger charge is 2.31. The zero-order valence-electron chi connectivity index (χ0n) is 16.5. The molecule has 7 nitrogen and oxygen atoms in total. The molecular weight excluding hydrogens is 354 g/mol. The Kier molecular flexibility index (Phi) is 6.12. The Hall–Kier alpha value is -2.12. The lowest BCUT2D eigenvalue weighted by Crippen LogP contribution is -2.55. The number of hydrogen-bond acceptors (Lipinski definition) is 4. The molecule has 3 aliphatic heterocycles. The van der Waals surface area contributed by atoms with E-state index in [-0.39, 0.29) is 18.0 Å². The quantitative estimate of drug-likeness (QED) is 0.807. The number of rotatable bonds is 4. The molecule has 7 heteroatoms. The van der Waals surface area contributed by atoms with Crippen LogP contribution in [0.5, 0.6) is 0 Å². The second kappa shape index (κ2) is 8.92. The zero-order chi connectivity index (χ0) is 19.3. The first kappa shape index (κ1) is 19.2. The van der Waals surface area contributed by atoms with Crippen molar-refractivity contribution in [3.8, 4) is 0 Å². The number of amides is 3. The van der Waals surface area contributed by atoms with Gasteiger partial charge in [0, 0.05) is 58.4 Å². The normalized spacial score (nSPS) is 24.9. The highest BCUT2D eigenvalue weighted by molar-refractivity contribution is 5.88. The van der Waals surface area contributed by atoms with Crippen LogP contribution in [0.1, 0.15) is 24.8 Å². The summed E-state index contributed by atoms with van der Waals surface area (Å²) in [5, 5.41) is 5.64. The molecule has 0 aromatic heterocycles. The Morgan fingerprint density at radius 1 is 1.00 bits per heavy atom. The fourth-order valence-electron chi connectivity index (χ4n) is 4.53. The number of urea groups is 1. The minimum Gasteiger partial charge on any atom is -0.354 e. The standard InChI is InChI=1S/C21H31N5O2/c27-20-19(6-9-22-20)23-21(28)26-10-7-18(8-11-26)25-14-12-24(13-15-25)16-17-4-2-1-3-5-17/h1-5,18-19H,6-16H2,(H,22,27)(H,23,28)/t19-/m0/s1. The maximum atomic E-state index is 12.4. The van der Waals surface area contributed by atoms with Crippen molar-refractivity contribution in [3.05, 3.63) is 35.9 Å². The van der Waals surface area contributed by atoms with Crippen molar-refractivity contribution < 1.29 is 9.59 Å². The fourth-order valence-corrected chi connectivity index (χ4v) is 4.53. The largest absolute Gasteiger partial charge is 0.354 e. The fraction of sp³-hybridized carbons (Fsp3) is 0.619. The summed E-state index contributed by atoms with van der Waals surface area (Å²) in [4.78, 5) is 31.0. The van der Waals surface area contributed by atoms with Gasteiger partial charge in [0.15, 0.2) is 0 Å². The third kappa shape index (κ3) is 4.64. The number of piperazine rings is 1. The molecule has 3 fully saturated rings. The SMILES string of the molecule is O=C1NCC[C@@H]1NC(=O)N1CCC(N2CCN(Cc3ccccc3)CC2)CC1. The average molecular weight is 386 g/mol. The Balaban J connectivity index is 1.18. The van der Waals surface area contributed by atoms with E-state index >= 15 is 0 Å². The molecular formula is C21H31N5O2. The number of carbonyl (C=O) groups excluding carboxylic acids is 2. The lowest BCUT2D eigenvalue weighted by molar-refractivity contribution is -0.120. The minimum absolute atomic E-state index is 0.0587. The van der Waals surface area contributed by atoms with Crippen LogP contribution >= 0.6 is 0 Å². The number of piperidine rings is 1. The van der Waals surface area contributed by atoms with Crippen LogP contribution in [0.25, 0.3) is 0 Å². The molecule has 0 saturated carbocycles. The molecule has 0 spiro atoms. The van der Waals surface area contributed by atoms with Crippen molar-refractivity contribution in [2.75, 3.05) is 45.8 Å².